The van der Waals surface area contributed by atoms with Crippen LogP contribution in [0.2, 0.25) is 0 Å². The summed E-state index contributed by atoms with van der Waals surface area (Å²) in [5.41, 5.74) is 1.60. The Hall–Kier alpha value is -3.84. The van der Waals surface area contributed by atoms with Crippen LogP contribution < -0.4 is 10.2 Å². The van der Waals surface area contributed by atoms with Gasteiger partial charge in [-0.2, -0.15) is 0 Å². The maximum atomic E-state index is 14.5. The first kappa shape index (κ1) is 25.3. The molecule has 0 radical (unpaired) electrons. The molecule has 1 amide bonds. The fourth-order valence-corrected chi connectivity index (χ4v) is 3.94. The number of carbonyl (C=O) groups excluding carboxylic acids is 1. The standard InChI is InChI=1S/C26H20F4N3O2P/c1-13-18(21(28)22(29)23(30)25(13)36)11-20(35)33(2)26-24(15-5-9-17(34)10-6-15)32-19(12-31-26)14-3-7-16(27)8-4-14/h3-10,12,34H,11,36H2,1-2H3. The lowest BCUT2D eigenvalue weighted by atomic mass is 10.0. The molecule has 0 bridgehead atoms. The zero-order valence-electron chi connectivity index (χ0n) is 19.2. The average molecular weight is 513 g/mol. The number of nitrogens with zero attached hydrogens (tertiary/aromatic N) is 3. The van der Waals surface area contributed by atoms with Gasteiger partial charge >= 0.3 is 0 Å². The van der Waals surface area contributed by atoms with Gasteiger partial charge in [-0.15, -0.1) is 9.24 Å². The van der Waals surface area contributed by atoms with Crippen LogP contribution >= 0.6 is 9.24 Å². The van der Waals surface area contributed by atoms with E-state index in [1.807, 2.05) is 9.24 Å². The van der Waals surface area contributed by atoms with Crippen molar-refractivity contribution in [2.24, 2.45) is 0 Å². The van der Waals surface area contributed by atoms with Crippen molar-refractivity contribution >= 4 is 26.3 Å². The molecule has 0 spiro atoms. The predicted octanol–water partition coefficient (Wildman–Crippen LogP) is 5.09. The van der Waals surface area contributed by atoms with Crippen LogP contribution in [0.3, 0.4) is 0 Å². The second-order valence-electron chi connectivity index (χ2n) is 8.07. The van der Waals surface area contributed by atoms with Crippen LogP contribution in [0, 0.1) is 30.2 Å². The van der Waals surface area contributed by atoms with Crippen LogP contribution in [-0.2, 0) is 11.2 Å². The maximum absolute atomic E-state index is 14.5. The van der Waals surface area contributed by atoms with Crippen molar-refractivity contribution in [2.75, 3.05) is 11.9 Å². The number of phenolic OH excluding ortho intramolecular Hbond substituents is 1. The molecule has 0 aliphatic carbocycles. The van der Waals surface area contributed by atoms with E-state index in [9.17, 15) is 27.5 Å². The van der Waals surface area contributed by atoms with Crippen molar-refractivity contribution in [2.45, 2.75) is 13.3 Å². The van der Waals surface area contributed by atoms with Gasteiger partial charge in [-0.05, 0) is 61.0 Å². The third kappa shape index (κ3) is 4.79. The molecular formula is C26H20F4N3O2P. The van der Waals surface area contributed by atoms with Gasteiger partial charge in [0.25, 0.3) is 0 Å². The molecule has 1 aromatic heterocycles. The molecule has 5 nitrogen and oxygen atoms in total. The van der Waals surface area contributed by atoms with Crippen LogP contribution in [0.1, 0.15) is 11.1 Å². The summed E-state index contributed by atoms with van der Waals surface area (Å²) in [7, 11) is 3.42. The first-order valence-corrected chi connectivity index (χ1v) is 11.3. The van der Waals surface area contributed by atoms with E-state index < -0.39 is 35.6 Å². The second kappa shape index (κ2) is 10.0. The zero-order valence-corrected chi connectivity index (χ0v) is 20.3. The van der Waals surface area contributed by atoms with E-state index in [2.05, 4.69) is 9.97 Å². The molecule has 1 heterocycles. The number of likely N-dealkylation sites (N-methyl/N-ethyl adjacent to an activating group) is 1. The van der Waals surface area contributed by atoms with Gasteiger partial charge < -0.3 is 5.11 Å². The highest BCUT2D eigenvalue weighted by Crippen LogP contribution is 2.31. The van der Waals surface area contributed by atoms with E-state index in [1.54, 1.807) is 12.1 Å². The summed E-state index contributed by atoms with van der Waals surface area (Å²) in [6.45, 7) is 1.40. The smallest absolute Gasteiger partial charge is 0.232 e. The molecule has 0 aliphatic heterocycles. The van der Waals surface area contributed by atoms with Gasteiger partial charge in [0, 0.05) is 29.0 Å². The number of aromatic nitrogens is 2. The molecule has 1 atom stereocenters. The molecule has 184 valence electrons. The number of anilines is 1. The number of halogens is 4. The van der Waals surface area contributed by atoms with Gasteiger partial charge in [-0.1, -0.05) is 0 Å². The summed E-state index contributed by atoms with van der Waals surface area (Å²) in [6.07, 6.45) is 0.851. The van der Waals surface area contributed by atoms with E-state index in [1.165, 1.54) is 56.6 Å². The van der Waals surface area contributed by atoms with Gasteiger partial charge in [-0.25, -0.2) is 27.5 Å². The fraction of sp³-hybridized carbons (Fsp3) is 0.115. The summed E-state index contributed by atoms with van der Waals surface area (Å²) in [5, 5.41) is 9.52. The van der Waals surface area contributed by atoms with Gasteiger partial charge in [0.2, 0.25) is 5.91 Å². The predicted molar refractivity (Wildman–Crippen MR) is 132 cm³/mol. The van der Waals surface area contributed by atoms with E-state index in [4.69, 9.17) is 0 Å². The summed E-state index contributed by atoms with van der Waals surface area (Å²) < 4.78 is 55.8. The Balaban J connectivity index is 1.76. The minimum absolute atomic E-state index is 0.0184. The molecule has 4 aromatic rings. The fourth-order valence-electron chi connectivity index (χ4n) is 3.64. The Labute approximate surface area is 206 Å². The third-order valence-electron chi connectivity index (χ3n) is 5.80. The van der Waals surface area contributed by atoms with Crippen LogP contribution in [0.25, 0.3) is 22.5 Å². The Bertz CT molecular complexity index is 1430. The van der Waals surface area contributed by atoms with Crippen molar-refractivity contribution in [3.05, 3.63) is 89.1 Å². The lowest BCUT2D eigenvalue weighted by Crippen LogP contribution is -2.31. The first-order chi connectivity index (χ1) is 17.1. The molecule has 0 saturated heterocycles. The molecule has 1 unspecified atom stereocenters. The molecule has 0 aliphatic rings. The zero-order chi connectivity index (χ0) is 26.1. The highest BCUT2D eigenvalue weighted by atomic mass is 31.0. The number of carbonyl (C=O) groups is 1. The number of amides is 1. The summed E-state index contributed by atoms with van der Waals surface area (Å²) in [6, 6.07) is 11.7. The topological polar surface area (TPSA) is 66.3 Å². The second-order valence-corrected chi connectivity index (χ2v) is 8.65. The largest absolute Gasteiger partial charge is 0.508 e. The first-order valence-electron chi connectivity index (χ1n) is 10.7. The maximum Gasteiger partial charge on any atom is 0.232 e. The number of aromatic hydroxyl groups is 1. The monoisotopic (exact) mass is 513 g/mol. The Kier molecular flexibility index (Phi) is 7.04. The van der Waals surface area contributed by atoms with Crippen molar-refractivity contribution < 1.29 is 27.5 Å². The molecule has 3 aromatic carbocycles. The van der Waals surface area contributed by atoms with E-state index in [0.717, 1.165) is 4.90 Å². The average Bonchev–Trinajstić information content (AvgIpc) is 2.89. The third-order valence-corrected chi connectivity index (χ3v) is 6.48. The van der Waals surface area contributed by atoms with Crippen molar-refractivity contribution in [1.82, 2.24) is 9.97 Å². The van der Waals surface area contributed by atoms with Gasteiger partial charge in [0.1, 0.15) is 17.3 Å². The minimum Gasteiger partial charge on any atom is -0.508 e. The van der Waals surface area contributed by atoms with Gasteiger partial charge in [-0.3, -0.25) is 9.69 Å². The number of hydrogen-bond acceptors (Lipinski definition) is 4. The Morgan fingerprint density at radius 1 is 0.944 bits per heavy atom. The lowest BCUT2D eigenvalue weighted by molar-refractivity contribution is -0.117. The molecule has 10 heteroatoms. The highest BCUT2D eigenvalue weighted by molar-refractivity contribution is 7.27. The summed E-state index contributed by atoms with van der Waals surface area (Å²) in [4.78, 5) is 23.3. The van der Waals surface area contributed by atoms with Crippen molar-refractivity contribution in [3.8, 4) is 28.3 Å². The SMILES string of the molecule is Cc1c(P)c(F)c(F)c(F)c1CC(=O)N(C)c1ncc(-c2ccc(F)cc2)nc1-c1ccc(O)cc1. The van der Waals surface area contributed by atoms with E-state index >= 15 is 0 Å². The van der Waals surface area contributed by atoms with Crippen LogP contribution in [0.15, 0.2) is 54.7 Å². The molecule has 36 heavy (non-hydrogen) atoms. The Morgan fingerprint density at radius 2 is 1.56 bits per heavy atom. The molecule has 0 fully saturated rings. The van der Waals surface area contributed by atoms with Gasteiger partial charge in [0.15, 0.2) is 23.3 Å². The van der Waals surface area contributed by atoms with Crippen LogP contribution in [-0.4, -0.2) is 28.0 Å². The Morgan fingerprint density at radius 3 is 2.19 bits per heavy atom. The van der Waals surface area contributed by atoms with E-state index in [0.29, 0.717) is 16.8 Å². The van der Waals surface area contributed by atoms with Gasteiger partial charge in [0.05, 0.1) is 18.3 Å². The minimum atomic E-state index is -1.65. The molecule has 1 N–H and O–H groups in total. The number of hydrogen-bond donors (Lipinski definition) is 1. The van der Waals surface area contributed by atoms with Crippen LogP contribution in [0.4, 0.5) is 23.4 Å². The summed E-state index contributed by atoms with van der Waals surface area (Å²) >= 11 is 0. The molecule has 0 saturated carbocycles. The van der Waals surface area contributed by atoms with Crippen molar-refractivity contribution in [1.29, 1.82) is 0 Å². The number of phenols is 1. The molecular weight excluding hydrogens is 493 g/mol. The normalized spacial score (nSPS) is 11.0. The number of benzene rings is 3. The quantitative estimate of drug-likeness (QED) is 0.230. The highest BCUT2D eigenvalue weighted by Gasteiger charge is 2.25. The molecule has 4 rings (SSSR count). The van der Waals surface area contributed by atoms with Crippen LogP contribution in [0.5, 0.6) is 5.75 Å². The number of rotatable bonds is 5. The summed E-state index contributed by atoms with van der Waals surface area (Å²) in [5.74, 6) is -5.32. The van der Waals surface area contributed by atoms with Crippen molar-refractivity contribution in [3.63, 3.8) is 0 Å². The van der Waals surface area contributed by atoms with E-state index in [-0.39, 0.29) is 33.7 Å². The lowest BCUT2D eigenvalue weighted by Gasteiger charge is -2.21.